The molecule has 0 aliphatic heterocycles. The van der Waals surface area contributed by atoms with Crippen LogP contribution in [0.15, 0.2) is 18.2 Å². The lowest BCUT2D eigenvalue weighted by molar-refractivity contribution is -0.304. The van der Waals surface area contributed by atoms with E-state index in [1.807, 2.05) is 0 Å². The Bertz CT molecular complexity index is 755. The predicted octanol–water partition coefficient (Wildman–Crippen LogP) is 2.31. The highest BCUT2D eigenvalue weighted by Crippen LogP contribution is 2.41. The van der Waals surface area contributed by atoms with Gasteiger partial charge in [0.25, 0.3) is 0 Å². The van der Waals surface area contributed by atoms with Crippen molar-refractivity contribution in [2.45, 2.75) is 44.8 Å². The van der Waals surface area contributed by atoms with Crippen molar-refractivity contribution in [3.63, 3.8) is 0 Å². The van der Waals surface area contributed by atoms with E-state index in [9.17, 15) is 45.8 Å². The molecule has 0 heterocycles. The first-order valence-electron chi connectivity index (χ1n) is 7.43. The van der Waals surface area contributed by atoms with Crippen molar-refractivity contribution < 1.29 is 55.3 Å². The first-order chi connectivity index (χ1) is 12.6. The van der Waals surface area contributed by atoms with Crippen LogP contribution in [-0.2, 0) is 30.3 Å². The van der Waals surface area contributed by atoms with Crippen molar-refractivity contribution in [1.82, 2.24) is 0 Å². The second-order valence-electron chi connectivity index (χ2n) is 5.57. The number of hydrogen-bond donors (Lipinski definition) is 0. The Labute approximate surface area is 154 Å². The maximum Gasteiger partial charge on any atom is 0.429 e. The number of halogens is 6. The van der Waals surface area contributed by atoms with Crippen LogP contribution in [0.2, 0.25) is 0 Å². The third kappa shape index (κ3) is 6.43. The van der Waals surface area contributed by atoms with Gasteiger partial charge in [-0.2, -0.15) is 26.3 Å². The van der Waals surface area contributed by atoms with Gasteiger partial charge in [-0.25, -0.2) is 0 Å². The number of carbonyl (C=O) groups is 3. The van der Waals surface area contributed by atoms with E-state index < -0.39 is 65.6 Å². The molecule has 156 valence electrons. The van der Waals surface area contributed by atoms with Crippen molar-refractivity contribution in [3.8, 4) is 0 Å². The summed E-state index contributed by atoms with van der Waals surface area (Å²) in [7, 11) is 0. The Balaban J connectivity index is 3.64. The maximum absolute atomic E-state index is 13.3. The van der Waals surface area contributed by atoms with Gasteiger partial charge < -0.3 is 19.4 Å². The van der Waals surface area contributed by atoms with E-state index in [0.29, 0.717) is 32.0 Å². The summed E-state index contributed by atoms with van der Waals surface area (Å²) in [6, 6.07) is 1.66. The second-order valence-corrected chi connectivity index (χ2v) is 5.57. The molecule has 0 amide bonds. The summed E-state index contributed by atoms with van der Waals surface area (Å²) >= 11 is 0. The smallest absolute Gasteiger partial charge is 0.429 e. The fourth-order valence-corrected chi connectivity index (χ4v) is 2.30. The average molecular weight is 415 g/mol. The van der Waals surface area contributed by atoms with Crippen molar-refractivity contribution in [2.75, 3.05) is 0 Å². The molecule has 0 aliphatic rings. The van der Waals surface area contributed by atoms with Gasteiger partial charge in [0.2, 0.25) is 12.2 Å². The molecule has 1 aromatic rings. The number of aliphatic carboxylic acids is 1. The summed E-state index contributed by atoms with van der Waals surface area (Å²) in [5, 5.41) is 10.8. The molecule has 0 spiro atoms. The van der Waals surface area contributed by atoms with Gasteiger partial charge in [-0.1, -0.05) is 12.1 Å². The first-order valence-corrected chi connectivity index (χ1v) is 7.43. The minimum atomic E-state index is -5.26. The number of carboxylic acid groups (broad SMARTS) is 1. The summed E-state index contributed by atoms with van der Waals surface area (Å²) in [4.78, 5) is 32.8. The van der Waals surface area contributed by atoms with Crippen molar-refractivity contribution in [1.29, 1.82) is 0 Å². The summed E-state index contributed by atoms with van der Waals surface area (Å²) in [6.07, 6.45) is -17.5. The van der Waals surface area contributed by atoms with Crippen LogP contribution in [0.3, 0.4) is 0 Å². The number of hydrogen-bond acceptors (Lipinski definition) is 6. The molecule has 2 unspecified atom stereocenters. The quantitative estimate of drug-likeness (QED) is 0.523. The van der Waals surface area contributed by atoms with Crippen LogP contribution in [-0.4, -0.2) is 30.3 Å². The third-order valence-corrected chi connectivity index (χ3v) is 3.25. The number of ether oxygens (including phenoxy) is 2. The zero-order chi connectivity index (χ0) is 21.9. The fraction of sp³-hybridized carbons (Fsp3) is 0.438. The summed E-state index contributed by atoms with van der Waals surface area (Å²) in [5.74, 6) is -4.57. The molecule has 0 aliphatic carbocycles. The second kappa shape index (κ2) is 8.48. The van der Waals surface area contributed by atoms with Crippen LogP contribution in [0.25, 0.3) is 0 Å². The van der Waals surface area contributed by atoms with E-state index in [4.69, 9.17) is 0 Å². The van der Waals surface area contributed by atoms with Gasteiger partial charge in [0.1, 0.15) is 0 Å². The molecule has 0 N–H and O–H groups in total. The van der Waals surface area contributed by atoms with Gasteiger partial charge in [-0.15, -0.1) is 0 Å². The Kier molecular flexibility index (Phi) is 7.04. The van der Waals surface area contributed by atoms with Gasteiger partial charge in [0, 0.05) is 37.4 Å². The number of carboxylic acids is 1. The number of carbonyl (C=O) groups excluding carboxylic acids is 3. The fourth-order valence-electron chi connectivity index (χ4n) is 2.30. The molecule has 0 bridgehead atoms. The molecule has 12 heteroatoms. The number of alkyl halides is 6. The number of esters is 2. The van der Waals surface area contributed by atoms with E-state index in [1.165, 1.54) is 0 Å². The van der Waals surface area contributed by atoms with Crippen molar-refractivity contribution in [2.24, 2.45) is 0 Å². The van der Waals surface area contributed by atoms with E-state index in [1.54, 1.807) is 0 Å². The topological polar surface area (TPSA) is 92.7 Å². The van der Waals surface area contributed by atoms with Gasteiger partial charge in [-0.3, -0.25) is 9.59 Å². The van der Waals surface area contributed by atoms with Crippen LogP contribution in [0.5, 0.6) is 0 Å². The highest BCUT2D eigenvalue weighted by Gasteiger charge is 2.47. The molecule has 1 aromatic carbocycles. The van der Waals surface area contributed by atoms with Crippen LogP contribution >= 0.6 is 0 Å². The average Bonchev–Trinajstić information content (AvgIpc) is 2.48. The largest absolute Gasteiger partial charge is 0.550 e. The number of rotatable bonds is 6. The Hall–Kier alpha value is -2.79. The summed E-state index contributed by atoms with van der Waals surface area (Å²) in [6.45, 7) is 1.31. The molecule has 1 rings (SSSR count). The maximum atomic E-state index is 13.3. The molecular formula is C16H13F6O6-. The van der Waals surface area contributed by atoms with Crippen LogP contribution < -0.4 is 5.11 Å². The minimum Gasteiger partial charge on any atom is -0.550 e. The van der Waals surface area contributed by atoms with Crippen LogP contribution in [0.1, 0.15) is 42.7 Å². The predicted molar refractivity (Wildman–Crippen MR) is 76.3 cm³/mol. The summed E-state index contributed by atoms with van der Waals surface area (Å²) < 4.78 is 87.7. The SMILES string of the molecule is CC(=O)OC(c1ccc(CC(=O)[O-])c(C(OC(C)=O)C(F)(F)F)c1)C(F)(F)F. The van der Waals surface area contributed by atoms with Gasteiger partial charge in [0.05, 0.1) is 0 Å². The molecule has 0 radical (unpaired) electrons. The Morgan fingerprint density at radius 1 is 0.929 bits per heavy atom. The highest BCUT2D eigenvalue weighted by atomic mass is 19.4. The normalized spacial score (nSPS) is 14.1. The molecule has 2 atom stereocenters. The molecule has 0 aromatic heterocycles. The lowest BCUT2D eigenvalue weighted by Crippen LogP contribution is -2.30. The van der Waals surface area contributed by atoms with Crippen molar-refractivity contribution in [3.05, 3.63) is 34.9 Å². The zero-order valence-electron chi connectivity index (χ0n) is 14.3. The van der Waals surface area contributed by atoms with Crippen LogP contribution in [0, 0.1) is 0 Å². The lowest BCUT2D eigenvalue weighted by Gasteiger charge is -2.26. The van der Waals surface area contributed by atoms with Gasteiger partial charge in [0.15, 0.2) is 0 Å². The van der Waals surface area contributed by atoms with Crippen molar-refractivity contribution >= 4 is 17.9 Å². The zero-order valence-corrected chi connectivity index (χ0v) is 14.3. The monoisotopic (exact) mass is 415 g/mol. The highest BCUT2D eigenvalue weighted by molar-refractivity contribution is 5.70. The molecular weight excluding hydrogens is 402 g/mol. The third-order valence-electron chi connectivity index (χ3n) is 3.25. The van der Waals surface area contributed by atoms with E-state index in [2.05, 4.69) is 9.47 Å². The standard InChI is InChI=1S/C16H14F6O6/c1-7(23)27-13(15(17,18)19)10-4-3-9(6-12(25)26)11(5-10)14(16(20,21)22)28-8(2)24/h3-5,13-14H,6H2,1-2H3,(H,25,26)/p-1. The van der Waals surface area contributed by atoms with Gasteiger partial charge >= 0.3 is 24.3 Å². The Morgan fingerprint density at radius 3 is 1.79 bits per heavy atom. The summed E-state index contributed by atoms with van der Waals surface area (Å²) in [5.41, 5.74) is -2.55. The van der Waals surface area contributed by atoms with E-state index in [-0.39, 0.29) is 0 Å². The minimum absolute atomic E-state index is 0.334. The first kappa shape index (κ1) is 23.2. The number of benzene rings is 1. The molecule has 0 fully saturated rings. The lowest BCUT2D eigenvalue weighted by atomic mass is 9.94. The van der Waals surface area contributed by atoms with Gasteiger partial charge in [-0.05, 0) is 11.6 Å². The molecule has 0 saturated heterocycles. The molecule has 0 saturated carbocycles. The van der Waals surface area contributed by atoms with Crippen LogP contribution in [0.4, 0.5) is 26.3 Å². The van der Waals surface area contributed by atoms with E-state index in [0.717, 1.165) is 0 Å². The molecule has 6 nitrogen and oxygen atoms in total. The Morgan fingerprint density at radius 2 is 1.39 bits per heavy atom. The molecule has 28 heavy (non-hydrogen) atoms. The van der Waals surface area contributed by atoms with E-state index >= 15 is 0 Å².